The Bertz CT molecular complexity index is 1190. The standard InChI is InChI=1S/C22H20N4O4S/c1-15-17(5-3-7-20(15)26(27)28)14-31-22-24-23-21(16-8-10-18(29-2)11-9-16)25(22)13-19-6-4-12-30-19/h3-12H,13-14H2,1-2H3. The summed E-state index contributed by atoms with van der Waals surface area (Å²) >= 11 is 1.48. The Morgan fingerprint density at radius 1 is 1.13 bits per heavy atom. The number of benzene rings is 2. The van der Waals surface area contributed by atoms with Crippen molar-refractivity contribution in [1.82, 2.24) is 14.8 Å². The van der Waals surface area contributed by atoms with Gasteiger partial charge >= 0.3 is 0 Å². The average Bonchev–Trinajstić information content (AvgIpc) is 3.43. The molecule has 0 aliphatic rings. The van der Waals surface area contributed by atoms with Gasteiger partial charge in [0.1, 0.15) is 11.5 Å². The van der Waals surface area contributed by atoms with E-state index in [0.717, 1.165) is 22.6 Å². The molecule has 0 saturated carbocycles. The lowest BCUT2D eigenvalue weighted by Gasteiger charge is -2.10. The third-order valence-electron chi connectivity index (χ3n) is 4.93. The number of aromatic nitrogens is 3. The molecule has 0 atom stereocenters. The van der Waals surface area contributed by atoms with Gasteiger partial charge in [-0.05, 0) is 48.9 Å². The molecule has 0 spiro atoms. The van der Waals surface area contributed by atoms with Crippen molar-refractivity contribution in [3.63, 3.8) is 0 Å². The molecule has 0 amide bonds. The summed E-state index contributed by atoms with van der Waals surface area (Å²) in [6.45, 7) is 2.24. The second-order valence-corrected chi connectivity index (χ2v) is 7.75. The molecular weight excluding hydrogens is 416 g/mol. The van der Waals surface area contributed by atoms with E-state index in [2.05, 4.69) is 10.2 Å². The highest BCUT2D eigenvalue weighted by atomic mass is 32.2. The fraction of sp³-hybridized carbons (Fsp3) is 0.182. The maximum atomic E-state index is 11.2. The minimum atomic E-state index is -0.356. The molecule has 2 heterocycles. The maximum absolute atomic E-state index is 11.2. The molecule has 158 valence electrons. The highest BCUT2D eigenvalue weighted by Gasteiger charge is 2.18. The van der Waals surface area contributed by atoms with Crippen LogP contribution in [0.5, 0.6) is 5.75 Å². The SMILES string of the molecule is COc1ccc(-c2nnc(SCc3cccc([N+](=O)[O-])c3C)n2Cc2ccco2)cc1. The van der Waals surface area contributed by atoms with Gasteiger partial charge in [0, 0.05) is 22.9 Å². The minimum absolute atomic E-state index is 0.120. The van der Waals surface area contributed by atoms with Gasteiger partial charge in [-0.3, -0.25) is 14.7 Å². The first-order valence-corrected chi connectivity index (χ1v) is 10.5. The lowest BCUT2D eigenvalue weighted by atomic mass is 10.1. The molecule has 0 aliphatic heterocycles. The monoisotopic (exact) mass is 436 g/mol. The van der Waals surface area contributed by atoms with Crippen LogP contribution in [0.1, 0.15) is 16.9 Å². The van der Waals surface area contributed by atoms with Crippen LogP contribution in [0.2, 0.25) is 0 Å². The Morgan fingerprint density at radius 3 is 2.61 bits per heavy atom. The van der Waals surface area contributed by atoms with E-state index in [0.29, 0.717) is 28.8 Å². The highest BCUT2D eigenvalue weighted by Crippen LogP contribution is 2.31. The summed E-state index contributed by atoms with van der Waals surface area (Å²) in [6.07, 6.45) is 1.63. The van der Waals surface area contributed by atoms with Gasteiger partial charge in [0.05, 0.1) is 24.8 Å². The molecule has 0 radical (unpaired) electrons. The zero-order chi connectivity index (χ0) is 21.8. The summed E-state index contributed by atoms with van der Waals surface area (Å²) < 4.78 is 12.8. The molecule has 0 bridgehead atoms. The van der Waals surface area contributed by atoms with E-state index in [1.165, 1.54) is 17.8 Å². The van der Waals surface area contributed by atoms with Crippen molar-refractivity contribution < 1.29 is 14.1 Å². The van der Waals surface area contributed by atoms with E-state index in [-0.39, 0.29) is 10.6 Å². The van der Waals surface area contributed by atoms with E-state index < -0.39 is 0 Å². The van der Waals surface area contributed by atoms with E-state index in [9.17, 15) is 10.1 Å². The number of furan rings is 1. The fourth-order valence-electron chi connectivity index (χ4n) is 3.22. The summed E-state index contributed by atoms with van der Waals surface area (Å²) in [6, 6.07) is 16.5. The molecule has 31 heavy (non-hydrogen) atoms. The Hall–Kier alpha value is -3.59. The number of rotatable bonds is 8. The van der Waals surface area contributed by atoms with E-state index in [1.54, 1.807) is 26.4 Å². The predicted molar refractivity (Wildman–Crippen MR) is 117 cm³/mol. The summed E-state index contributed by atoms with van der Waals surface area (Å²) in [4.78, 5) is 10.9. The molecule has 0 unspecified atom stereocenters. The zero-order valence-corrected chi connectivity index (χ0v) is 17.8. The number of hydrogen-bond acceptors (Lipinski definition) is 7. The number of thioether (sulfide) groups is 1. The van der Waals surface area contributed by atoms with Crippen LogP contribution in [0.25, 0.3) is 11.4 Å². The van der Waals surface area contributed by atoms with Crippen molar-refractivity contribution in [1.29, 1.82) is 0 Å². The van der Waals surface area contributed by atoms with Crippen molar-refractivity contribution in [2.24, 2.45) is 0 Å². The summed E-state index contributed by atoms with van der Waals surface area (Å²) in [5.41, 5.74) is 2.57. The first-order valence-electron chi connectivity index (χ1n) is 9.52. The second-order valence-electron chi connectivity index (χ2n) is 6.81. The van der Waals surface area contributed by atoms with E-state index in [1.807, 2.05) is 47.0 Å². The lowest BCUT2D eigenvalue weighted by molar-refractivity contribution is -0.385. The Balaban J connectivity index is 1.65. The first kappa shape index (κ1) is 20.7. The third-order valence-corrected chi connectivity index (χ3v) is 5.95. The van der Waals surface area contributed by atoms with Gasteiger partial charge in [-0.2, -0.15) is 0 Å². The molecular formula is C22H20N4O4S. The Labute approximate surface area is 183 Å². The van der Waals surface area contributed by atoms with Crippen LogP contribution in [0.3, 0.4) is 0 Å². The Kier molecular flexibility index (Phi) is 6.03. The Morgan fingerprint density at radius 2 is 1.94 bits per heavy atom. The van der Waals surface area contributed by atoms with Crippen LogP contribution in [0.15, 0.2) is 70.4 Å². The minimum Gasteiger partial charge on any atom is -0.497 e. The second kappa shape index (κ2) is 9.05. The van der Waals surface area contributed by atoms with Crippen LogP contribution in [0, 0.1) is 17.0 Å². The molecule has 0 fully saturated rings. The summed E-state index contributed by atoms with van der Waals surface area (Å²) in [7, 11) is 1.62. The number of nitrogens with zero attached hydrogens (tertiary/aromatic N) is 4. The molecule has 0 N–H and O–H groups in total. The van der Waals surface area contributed by atoms with Crippen molar-refractivity contribution in [3.05, 3.63) is 87.9 Å². The van der Waals surface area contributed by atoms with Crippen LogP contribution in [0.4, 0.5) is 5.69 Å². The molecule has 9 heteroatoms. The van der Waals surface area contributed by atoms with Crippen LogP contribution in [-0.4, -0.2) is 26.8 Å². The van der Waals surface area contributed by atoms with Gasteiger partial charge in [0.15, 0.2) is 11.0 Å². The van der Waals surface area contributed by atoms with E-state index in [4.69, 9.17) is 9.15 Å². The molecule has 8 nitrogen and oxygen atoms in total. The normalized spacial score (nSPS) is 10.9. The molecule has 4 aromatic rings. The number of ether oxygens (including phenoxy) is 1. The van der Waals surface area contributed by atoms with Gasteiger partial charge in [0.25, 0.3) is 5.69 Å². The van der Waals surface area contributed by atoms with Gasteiger partial charge in [0.2, 0.25) is 0 Å². The third kappa shape index (κ3) is 4.46. The summed E-state index contributed by atoms with van der Waals surface area (Å²) in [5.74, 6) is 2.78. The largest absolute Gasteiger partial charge is 0.497 e. The molecule has 0 saturated heterocycles. The summed E-state index contributed by atoms with van der Waals surface area (Å²) in [5, 5.41) is 20.7. The number of nitro benzene ring substituents is 1. The first-order chi connectivity index (χ1) is 15.1. The van der Waals surface area contributed by atoms with Crippen molar-refractivity contribution in [2.45, 2.75) is 24.4 Å². The van der Waals surface area contributed by atoms with Crippen LogP contribution in [-0.2, 0) is 12.3 Å². The lowest BCUT2D eigenvalue weighted by Crippen LogP contribution is -2.04. The van der Waals surface area contributed by atoms with Crippen molar-refractivity contribution in [3.8, 4) is 17.1 Å². The quantitative estimate of drug-likeness (QED) is 0.215. The number of nitro groups is 1. The predicted octanol–water partition coefficient (Wildman–Crippen LogP) is 5.10. The molecule has 4 rings (SSSR count). The highest BCUT2D eigenvalue weighted by molar-refractivity contribution is 7.98. The molecule has 2 aromatic carbocycles. The molecule has 2 aromatic heterocycles. The van der Waals surface area contributed by atoms with Gasteiger partial charge < -0.3 is 9.15 Å². The van der Waals surface area contributed by atoms with Gasteiger partial charge in [-0.25, -0.2) is 0 Å². The maximum Gasteiger partial charge on any atom is 0.272 e. The topological polar surface area (TPSA) is 96.2 Å². The van der Waals surface area contributed by atoms with Crippen LogP contribution >= 0.6 is 11.8 Å². The van der Waals surface area contributed by atoms with E-state index >= 15 is 0 Å². The smallest absolute Gasteiger partial charge is 0.272 e. The zero-order valence-electron chi connectivity index (χ0n) is 17.0. The molecule has 0 aliphatic carbocycles. The van der Waals surface area contributed by atoms with Gasteiger partial charge in [-0.1, -0.05) is 23.9 Å². The van der Waals surface area contributed by atoms with Crippen molar-refractivity contribution >= 4 is 17.4 Å². The van der Waals surface area contributed by atoms with Crippen molar-refractivity contribution in [2.75, 3.05) is 7.11 Å². The van der Waals surface area contributed by atoms with Gasteiger partial charge in [-0.15, -0.1) is 10.2 Å². The number of hydrogen-bond donors (Lipinski definition) is 0. The van der Waals surface area contributed by atoms with Crippen LogP contribution < -0.4 is 4.74 Å². The fourth-order valence-corrected chi connectivity index (χ4v) is 4.22. The number of methoxy groups -OCH3 is 1. The average molecular weight is 436 g/mol.